The maximum absolute atomic E-state index is 13.0. The van der Waals surface area contributed by atoms with E-state index in [1.54, 1.807) is 12.1 Å². The zero-order valence-electron chi connectivity index (χ0n) is 18.7. The van der Waals surface area contributed by atoms with Crippen LogP contribution in [0.15, 0.2) is 60.7 Å². The number of phenolic OH excluding ortho intramolecular Hbond substituents is 1. The number of rotatable bonds is 6. The lowest BCUT2D eigenvalue weighted by Crippen LogP contribution is -2.44. The van der Waals surface area contributed by atoms with Gasteiger partial charge in [-0.1, -0.05) is 48.5 Å². The van der Waals surface area contributed by atoms with E-state index in [9.17, 15) is 9.90 Å². The van der Waals surface area contributed by atoms with Gasteiger partial charge in [0.1, 0.15) is 5.75 Å². The second kappa shape index (κ2) is 9.45. The van der Waals surface area contributed by atoms with Gasteiger partial charge in [-0.05, 0) is 78.6 Å². The standard InChI is InChI=1S/C27H31N3O2/c1-17-13-21(31)14-18(2)23(17)16-24(28)27(32)30-25-11-12-29-26-20(9-6-10-22(25)26)15-19-7-4-3-5-8-19/h3-10,13-14,24-25,29,31H,11-12,15-16,28H2,1-2H3,(H,30,32). The number of phenols is 1. The Labute approximate surface area is 189 Å². The van der Waals surface area contributed by atoms with Crippen molar-refractivity contribution < 1.29 is 9.90 Å². The molecule has 1 aliphatic heterocycles. The van der Waals surface area contributed by atoms with Crippen LogP contribution in [-0.4, -0.2) is 23.6 Å². The molecule has 2 atom stereocenters. The molecule has 1 aliphatic rings. The Morgan fingerprint density at radius 1 is 1.12 bits per heavy atom. The van der Waals surface area contributed by atoms with E-state index in [0.29, 0.717) is 6.42 Å². The summed E-state index contributed by atoms with van der Waals surface area (Å²) >= 11 is 0. The van der Waals surface area contributed by atoms with Gasteiger partial charge in [0.25, 0.3) is 0 Å². The molecular formula is C27H31N3O2. The van der Waals surface area contributed by atoms with Crippen molar-refractivity contribution in [3.05, 3.63) is 94.0 Å². The Hall–Kier alpha value is -3.31. The van der Waals surface area contributed by atoms with Crippen LogP contribution < -0.4 is 16.4 Å². The van der Waals surface area contributed by atoms with Crippen LogP contribution in [0.5, 0.6) is 5.75 Å². The molecule has 0 saturated carbocycles. The number of amides is 1. The highest BCUT2D eigenvalue weighted by Crippen LogP contribution is 2.34. The number of carbonyl (C=O) groups excluding carboxylic acids is 1. The van der Waals surface area contributed by atoms with E-state index in [1.807, 2.05) is 19.9 Å². The average molecular weight is 430 g/mol. The van der Waals surface area contributed by atoms with Crippen molar-refractivity contribution in [1.82, 2.24) is 5.32 Å². The summed E-state index contributed by atoms with van der Waals surface area (Å²) in [7, 11) is 0. The summed E-state index contributed by atoms with van der Waals surface area (Å²) in [6, 6.07) is 19.4. The first kappa shape index (κ1) is 21.9. The van der Waals surface area contributed by atoms with Crippen molar-refractivity contribution in [3.63, 3.8) is 0 Å². The minimum Gasteiger partial charge on any atom is -0.508 e. The van der Waals surface area contributed by atoms with Crippen LogP contribution in [0.25, 0.3) is 0 Å². The number of hydrogen-bond acceptors (Lipinski definition) is 4. The molecule has 5 heteroatoms. The zero-order chi connectivity index (χ0) is 22.7. The lowest BCUT2D eigenvalue weighted by Gasteiger charge is -2.30. The second-order valence-corrected chi connectivity index (χ2v) is 8.69. The van der Waals surface area contributed by atoms with Gasteiger partial charge >= 0.3 is 0 Å². The van der Waals surface area contributed by atoms with Crippen LogP contribution in [0.2, 0.25) is 0 Å². The first-order valence-corrected chi connectivity index (χ1v) is 11.2. The molecule has 0 radical (unpaired) electrons. The van der Waals surface area contributed by atoms with Gasteiger partial charge in [-0.15, -0.1) is 0 Å². The molecule has 166 valence electrons. The number of fused-ring (bicyclic) bond motifs is 1. The topological polar surface area (TPSA) is 87.4 Å². The van der Waals surface area contributed by atoms with E-state index in [1.165, 1.54) is 11.1 Å². The Morgan fingerprint density at radius 3 is 2.56 bits per heavy atom. The fourth-order valence-electron chi connectivity index (χ4n) is 4.62. The number of benzene rings is 3. The minimum atomic E-state index is -0.650. The van der Waals surface area contributed by atoms with E-state index in [2.05, 4.69) is 53.1 Å². The van der Waals surface area contributed by atoms with Gasteiger partial charge in [0.15, 0.2) is 0 Å². The highest BCUT2D eigenvalue weighted by molar-refractivity contribution is 5.83. The molecule has 1 heterocycles. The lowest BCUT2D eigenvalue weighted by atomic mass is 9.91. The van der Waals surface area contributed by atoms with Gasteiger partial charge in [0.2, 0.25) is 5.91 Å². The SMILES string of the molecule is Cc1cc(O)cc(C)c1CC(N)C(=O)NC1CCNc2c(Cc3ccccc3)cccc21. The number of hydrogen-bond donors (Lipinski definition) is 4. The van der Waals surface area contributed by atoms with Gasteiger partial charge in [0, 0.05) is 12.2 Å². The minimum absolute atomic E-state index is 0.0671. The van der Waals surface area contributed by atoms with Crippen molar-refractivity contribution in [2.45, 2.75) is 45.2 Å². The molecule has 0 saturated heterocycles. The normalized spacial score (nSPS) is 16.0. The Balaban J connectivity index is 1.49. The van der Waals surface area contributed by atoms with Crippen LogP contribution in [0.3, 0.4) is 0 Å². The van der Waals surface area contributed by atoms with E-state index in [-0.39, 0.29) is 17.7 Å². The molecule has 1 amide bonds. The molecule has 4 rings (SSSR count). The summed E-state index contributed by atoms with van der Waals surface area (Å²) in [6.45, 7) is 4.67. The third-order valence-electron chi connectivity index (χ3n) is 6.29. The van der Waals surface area contributed by atoms with Crippen molar-refractivity contribution in [1.29, 1.82) is 0 Å². The fourth-order valence-corrected chi connectivity index (χ4v) is 4.62. The monoisotopic (exact) mass is 429 g/mol. The van der Waals surface area contributed by atoms with Crippen molar-refractivity contribution in [3.8, 4) is 5.75 Å². The molecule has 0 aliphatic carbocycles. The Morgan fingerprint density at radius 2 is 1.84 bits per heavy atom. The van der Waals surface area contributed by atoms with E-state index in [0.717, 1.165) is 47.3 Å². The number of nitrogens with two attached hydrogens (primary N) is 1. The molecule has 0 bridgehead atoms. The van der Waals surface area contributed by atoms with Gasteiger partial charge < -0.3 is 21.5 Å². The molecule has 0 fully saturated rings. The molecule has 3 aromatic carbocycles. The van der Waals surface area contributed by atoms with Crippen LogP contribution in [0, 0.1) is 13.8 Å². The molecule has 5 N–H and O–H groups in total. The molecule has 32 heavy (non-hydrogen) atoms. The average Bonchev–Trinajstić information content (AvgIpc) is 2.77. The largest absolute Gasteiger partial charge is 0.508 e. The summed E-state index contributed by atoms with van der Waals surface area (Å²) in [6.07, 6.45) is 2.10. The highest BCUT2D eigenvalue weighted by Gasteiger charge is 2.26. The van der Waals surface area contributed by atoms with Gasteiger partial charge in [-0.2, -0.15) is 0 Å². The van der Waals surface area contributed by atoms with Crippen LogP contribution >= 0.6 is 0 Å². The summed E-state index contributed by atoms with van der Waals surface area (Å²) in [5.74, 6) is 0.0857. The van der Waals surface area contributed by atoms with E-state index < -0.39 is 6.04 Å². The maximum atomic E-state index is 13.0. The van der Waals surface area contributed by atoms with Gasteiger partial charge in [-0.25, -0.2) is 0 Å². The van der Waals surface area contributed by atoms with Crippen LogP contribution in [0.4, 0.5) is 5.69 Å². The summed E-state index contributed by atoms with van der Waals surface area (Å²) in [4.78, 5) is 13.0. The highest BCUT2D eigenvalue weighted by atomic mass is 16.3. The van der Waals surface area contributed by atoms with E-state index in [4.69, 9.17) is 5.73 Å². The third kappa shape index (κ3) is 4.78. The lowest BCUT2D eigenvalue weighted by molar-refractivity contribution is -0.123. The molecule has 0 spiro atoms. The summed E-state index contributed by atoms with van der Waals surface area (Å²) < 4.78 is 0. The summed E-state index contributed by atoms with van der Waals surface area (Å²) in [5, 5.41) is 16.5. The first-order valence-electron chi connectivity index (χ1n) is 11.2. The number of aryl methyl sites for hydroxylation is 2. The van der Waals surface area contributed by atoms with Gasteiger partial charge in [-0.3, -0.25) is 4.79 Å². The van der Waals surface area contributed by atoms with Crippen LogP contribution in [0.1, 0.15) is 45.8 Å². The van der Waals surface area contributed by atoms with Crippen LogP contribution in [-0.2, 0) is 17.6 Å². The Kier molecular flexibility index (Phi) is 6.47. The molecule has 3 aromatic rings. The number of aromatic hydroxyl groups is 1. The van der Waals surface area contributed by atoms with Crippen molar-refractivity contribution >= 4 is 11.6 Å². The van der Waals surface area contributed by atoms with Crippen molar-refractivity contribution in [2.75, 3.05) is 11.9 Å². The van der Waals surface area contributed by atoms with Crippen molar-refractivity contribution in [2.24, 2.45) is 5.73 Å². The van der Waals surface area contributed by atoms with E-state index >= 15 is 0 Å². The first-order chi connectivity index (χ1) is 15.4. The molecule has 5 nitrogen and oxygen atoms in total. The fraction of sp³-hybridized carbons (Fsp3) is 0.296. The van der Waals surface area contributed by atoms with Gasteiger partial charge in [0.05, 0.1) is 12.1 Å². The number of anilines is 1. The number of carbonyl (C=O) groups is 1. The quantitative estimate of drug-likeness (QED) is 0.474. The smallest absolute Gasteiger partial charge is 0.237 e. The second-order valence-electron chi connectivity index (χ2n) is 8.69. The predicted octanol–water partition coefficient (Wildman–Crippen LogP) is 4.14. The molecular weight excluding hydrogens is 398 g/mol. The Bertz CT molecular complexity index is 1090. The zero-order valence-corrected chi connectivity index (χ0v) is 18.7. The third-order valence-corrected chi connectivity index (χ3v) is 6.29. The summed E-state index contributed by atoms with van der Waals surface area (Å²) in [5.41, 5.74) is 13.9. The number of para-hydroxylation sites is 1. The predicted molar refractivity (Wildman–Crippen MR) is 129 cm³/mol. The molecule has 0 aromatic heterocycles. The maximum Gasteiger partial charge on any atom is 0.237 e. The number of nitrogens with one attached hydrogen (secondary N) is 2. The molecule has 2 unspecified atom stereocenters.